The van der Waals surface area contributed by atoms with E-state index in [0.717, 1.165) is 23.6 Å². The molecule has 0 unspecified atom stereocenters. The van der Waals surface area contributed by atoms with Crippen molar-refractivity contribution in [1.29, 1.82) is 0 Å². The Morgan fingerprint density at radius 1 is 1.17 bits per heavy atom. The zero-order valence-corrected chi connectivity index (χ0v) is 13.5. The van der Waals surface area contributed by atoms with Crippen LogP contribution in [0.25, 0.3) is 11.5 Å². The van der Waals surface area contributed by atoms with Crippen LogP contribution in [-0.4, -0.2) is 11.3 Å². The predicted octanol–water partition coefficient (Wildman–Crippen LogP) is 3.43. The Kier molecular flexibility index (Phi) is 3.86. The molecule has 1 aliphatic carbocycles. The van der Waals surface area contributed by atoms with Gasteiger partial charge in [0, 0.05) is 11.1 Å². The number of aromatic nitrogens is 2. The molecule has 2 N–H and O–H groups in total. The van der Waals surface area contributed by atoms with Crippen LogP contribution in [0, 0.1) is 0 Å². The molecule has 1 aliphatic rings. The molecule has 0 aliphatic heterocycles. The van der Waals surface area contributed by atoms with Crippen LogP contribution in [0.5, 0.6) is 5.75 Å². The lowest BCUT2D eigenvalue weighted by atomic mass is 9.77. The van der Waals surface area contributed by atoms with Crippen molar-refractivity contribution < 1.29 is 14.2 Å². The van der Waals surface area contributed by atoms with Gasteiger partial charge in [0.2, 0.25) is 17.7 Å². The van der Waals surface area contributed by atoms with Gasteiger partial charge in [0.05, 0.1) is 6.07 Å². The van der Waals surface area contributed by atoms with Gasteiger partial charge in [-0.1, -0.05) is 23.7 Å². The zero-order valence-electron chi connectivity index (χ0n) is 12.8. The summed E-state index contributed by atoms with van der Waals surface area (Å²) in [5.74, 6) is 1.78. The SMILES string of the molecule is O=c1cc(-c2ccc(OC3CC(c4ccc(Cl)cc4)C3)c[nH+]2)o[nH]1. The molecule has 1 saturated carbocycles. The largest absolute Gasteiger partial charge is 0.484 e. The molecule has 0 atom stereocenters. The van der Waals surface area contributed by atoms with Crippen molar-refractivity contribution in [2.45, 2.75) is 24.9 Å². The second-order valence-electron chi connectivity index (χ2n) is 5.97. The molecular weight excluding hydrogens is 328 g/mol. The molecule has 0 amide bonds. The monoisotopic (exact) mass is 343 g/mol. The fourth-order valence-corrected chi connectivity index (χ4v) is 3.04. The highest BCUT2D eigenvalue weighted by Gasteiger charge is 2.32. The van der Waals surface area contributed by atoms with E-state index in [9.17, 15) is 4.79 Å². The number of nitrogens with one attached hydrogen (secondary N) is 2. The van der Waals surface area contributed by atoms with E-state index in [-0.39, 0.29) is 11.7 Å². The van der Waals surface area contributed by atoms with Crippen LogP contribution < -0.4 is 15.3 Å². The van der Waals surface area contributed by atoms with Gasteiger partial charge in [-0.25, -0.2) is 4.98 Å². The molecule has 0 saturated heterocycles. The first-order chi connectivity index (χ1) is 11.7. The maximum absolute atomic E-state index is 11.1. The molecule has 0 bridgehead atoms. The first-order valence-corrected chi connectivity index (χ1v) is 8.18. The highest BCUT2D eigenvalue weighted by Crippen LogP contribution is 2.39. The molecule has 24 heavy (non-hydrogen) atoms. The van der Waals surface area contributed by atoms with Crippen LogP contribution in [0.1, 0.15) is 24.3 Å². The van der Waals surface area contributed by atoms with E-state index >= 15 is 0 Å². The summed E-state index contributed by atoms with van der Waals surface area (Å²) in [7, 11) is 0. The standard InChI is InChI=1S/C18H15ClN2O3/c19-13-3-1-11(2-4-13)12-7-15(8-12)23-14-5-6-16(20-10-14)17-9-18(22)21-24-17/h1-6,9-10,12,15H,7-8H2,(H,21,22)/p+1. The molecular formula is C18H16ClN2O3+. The average Bonchev–Trinajstić information content (AvgIpc) is 2.99. The first-order valence-electron chi connectivity index (χ1n) is 7.80. The van der Waals surface area contributed by atoms with Gasteiger partial charge < -0.3 is 9.26 Å². The summed E-state index contributed by atoms with van der Waals surface area (Å²) in [5, 5.41) is 3.03. The minimum atomic E-state index is -0.263. The highest BCUT2D eigenvalue weighted by molar-refractivity contribution is 6.30. The molecule has 122 valence electrons. The molecule has 5 nitrogen and oxygen atoms in total. The quantitative estimate of drug-likeness (QED) is 0.789. The topological polar surface area (TPSA) is 69.4 Å². The van der Waals surface area contributed by atoms with Gasteiger partial charge >= 0.3 is 0 Å². The summed E-state index contributed by atoms with van der Waals surface area (Å²) < 4.78 is 11.0. The molecule has 2 aromatic heterocycles. The van der Waals surface area contributed by atoms with E-state index in [0.29, 0.717) is 17.4 Å². The van der Waals surface area contributed by atoms with Crippen LogP contribution in [0.3, 0.4) is 0 Å². The summed E-state index contributed by atoms with van der Waals surface area (Å²) in [6.45, 7) is 0. The van der Waals surface area contributed by atoms with Gasteiger partial charge in [-0.15, -0.1) is 0 Å². The van der Waals surface area contributed by atoms with Crippen LogP contribution >= 0.6 is 11.6 Å². The normalized spacial score (nSPS) is 19.7. The van der Waals surface area contributed by atoms with Gasteiger partial charge in [0.25, 0.3) is 5.56 Å². The number of halogens is 1. The van der Waals surface area contributed by atoms with Gasteiger partial charge in [-0.05, 0) is 42.5 Å². The lowest BCUT2D eigenvalue weighted by molar-refractivity contribution is -0.367. The molecule has 4 rings (SSSR count). The summed E-state index contributed by atoms with van der Waals surface area (Å²) in [4.78, 5) is 14.2. The number of benzene rings is 1. The molecule has 1 aromatic carbocycles. The van der Waals surface area contributed by atoms with E-state index in [1.807, 2.05) is 24.3 Å². The maximum Gasteiger partial charge on any atom is 0.280 e. The summed E-state index contributed by atoms with van der Waals surface area (Å²) in [5.41, 5.74) is 1.76. The van der Waals surface area contributed by atoms with Crippen molar-refractivity contribution in [1.82, 2.24) is 5.16 Å². The minimum absolute atomic E-state index is 0.218. The van der Waals surface area contributed by atoms with E-state index < -0.39 is 0 Å². The van der Waals surface area contributed by atoms with Gasteiger partial charge in [-0.3, -0.25) is 4.79 Å². The highest BCUT2D eigenvalue weighted by atomic mass is 35.5. The lowest BCUT2D eigenvalue weighted by Gasteiger charge is -2.35. The molecule has 6 heteroatoms. The third kappa shape index (κ3) is 3.08. The fourth-order valence-electron chi connectivity index (χ4n) is 2.91. The summed E-state index contributed by atoms with van der Waals surface area (Å²) in [6, 6.07) is 13.1. The molecule has 0 radical (unpaired) electrons. The van der Waals surface area contributed by atoms with Crippen molar-refractivity contribution >= 4 is 11.6 Å². The molecule has 0 spiro atoms. The second kappa shape index (κ2) is 6.17. The Balaban J connectivity index is 1.35. The van der Waals surface area contributed by atoms with Crippen molar-refractivity contribution in [3.8, 4) is 17.2 Å². The number of H-pyrrole nitrogens is 2. The summed E-state index contributed by atoms with van der Waals surface area (Å²) in [6.07, 6.45) is 3.99. The molecule has 2 heterocycles. The van der Waals surface area contributed by atoms with E-state index in [4.69, 9.17) is 20.9 Å². The summed E-state index contributed by atoms with van der Waals surface area (Å²) >= 11 is 5.92. The van der Waals surface area contributed by atoms with E-state index in [1.54, 1.807) is 6.20 Å². The Morgan fingerprint density at radius 2 is 1.96 bits per heavy atom. The molecule has 1 fully saturated rings. The number of ether oxygens (including phenoxy) is 1. The van der Waals surface area contributed by atoms with E-state index in [2.05, 4.69) is 22.3 Å². The minimum Gasteiger partial charge on any atom is -0.484 e. The number of pyridine rings is 1. The number of rotatable bonds is 4. The van der Waals surface area contributed by atoms with Crippen molar-refractivity contribution in [2.75, 3.05) is 0 Å². The lowest BCUT2D eigenvalue weighted by Crippen LogP contribution is -2.32. The fraction of sp³-hybridized carbons (Fsp3) is 0.222. The van der Waals surface area contributed by atoms with E-state index in [1.165, 1.54) is 11.6 Å². The number of hydrogen-bond acceptors (Lipinski definition) is 3. The van der Waals surface area contributed by atoms with Crippen LogP contribution in [-0.2, 0) is 0 Å². The average molecular weight is 344 g/mol. The van der Waals surface area contributed by atoms with Gasteiger partial charge in [0.1, 0.15) is 6.10 Å². The Hall–Kier alpha value is -2.53. The van der Waals surface area contributed by atoms with Crippen molar-refractivity contribution in [3.63, 3.8) is 0 Å². The Bertz CT molecular complexity index is 878. The maximum atomic E-state index is 11.1. The Labute approximate surface area is 143 Å². The Morgan fingerprint density at radius 3 is 2.58 bits per heavy atom. The van der Waals surface area contributed by atoms with Crippen LogP contribution in [0.15, 0.2) is 58.0 Å². The zero-order chi connectivity index (χ0) is 16.5. The number of aromatic amines is 2. The van der Waals surface area contributed by atoms with Gasteiger partial charge in [-0.2, -0.15) is 5.16 Å². The second-order valence-corrected chi connectivity index (χ2v) is 6.41. The van der Waals surface area contributed by atoms with Crippen LogP contribution in [0.2, 0.25) is 5.02 Å². The first kappa shape index (κ1) is 15.0. The smallest absolute Gasteiger partial charge is 0.280 e. The number of hydrogen-bond donors (Lipinski definition) is 1. The van der Waals surface area contributed by atoms with Gasteiger partial charge in [0.15, 0.2) is 5.75 Å². The van der Waals surface area contributed by atoms with Crippen LogP contribution in [0.4, 0.5) is 0 Å². The predicted molar refractivity (Wildman–Crippen MR) is 89.2 cm³/mol. The molecule has 3 aromatic rings. The third-order valence-corrected chi connectivity index (χ3v) is 4.56. The third-order valence-electron chi connectivity index (χ3n) is 4.31. The van der Waals surface area contributed by atoms with Crippen molar-refractivity contribution in [2.24, 2.45) is 0 Å². The van der Waals surface area contributed by atoms with Crippen molar-refractivity contribution in [3.05, 3.63) is 69.6 Å².